The highest BCUT2D eigenvalue weighted by molar-refractivity contribution is 6.00. The first-order valence-corrected chi connectivity index (χ1v) is 6.96. The zero-order chi connectivity index (χ0) is 14.4. The van der Waals surface area contributed by atoms with E-state index in [1.54, 1.807) is 0 Å². The lowest BCUT2D eigenvalue weighted by atomic mass is 10.1. The van der Waals surface area contributed by atoms with Gasteiger partial charge in [-0.15, -0.1) is 0 Å². The fourth-order valence-electron chi connectivity index (χ4n) is 1.87. The van der Waals surface area contributed by atoms with E-state index in [2.05, 4.69) is 10.5 Å². The number of hydrogen-bond acceptors (Lipinski definition) is 4. The van der Waals surface area contributed by atoms with Crippen LogP contribution in [-0.2, 0) is 4.79 Å². The van der Waals surface area contributed by atoms with Crippen LogP contribution in [0.1, 0.15) is 38.2 Å². The van der Waals surface area contributed by atoms with E-state index in [4.69, 9.17) is 9.94 Å². The van der Waals surface area contributed by atoms with Crippen molar-refractivity contribution in [1.29, 1.82) is 0 Å². The van der Waals surface area contributed by atoms with Gasteiger partial charge in [0, 0.05) is 6.04 Å². The van der Waals surface area contributed by atoms with Crippen LogP contribution in [0.15, 0.2) is 29.4 Å². The summed E-state index contributed by atoms with van der Waals surface area (Å²) in [6, 6.07) is 7.72. The molecule has 1 fully saturated rings. The molecule has 108 valence electrons. The smallest absolute Gasteiger partial charge is 0.223 e. The van der Waals surface area contributed by atoms with Crippen LogP contribution in [0.5, 0.6) is 5.75 Å². The third-order valence-electron chi connectivity index (χ3n) is 3.18. The molecule has 1 aromatic carbocycles. The third kappa shape index (κ3) is 4.26. The molecule has 20 heavy (non-hydrogen) atoms. The SMILES string of the molecule is CC/C(=N/O)c1ccc(OCCC(=O)NC2CC2)cc1. The summed E-state index contributed by atoms with van der Waals surface area (Å²) in [5.74, 6) is 0.756. The van der Waals surface area contributed by atoms with Crippen molar-refractivity contribution in [1.82, 2.24) is 5.32 Å². The molecule has 2 rings (SSSR count). The molecule has 2 N–H and O–H groups in total. The second kappa shape index (κ2) is 6.93. The number of carbonyl (C=O) groups is 1. The van der Waals surface area contributed by atoms with Crippen LogP contribution >= 0.6 is 0 Å². The summed E-state index contributed by atoms with van der Waals surface area (Å²) in [7, 11) is 0. The Bertz CT molecular complexity index is 478. The fourth-order valence-corrected chi connectivity index (χ4v) is 1.87. The van der Waals surface area contributed by atoms with Gasteiger partial charge in [0.25, 0.3) is 0 Å². The van der Waals surface area contributed by atoms with Gasteiger partial charge in [-0.2, -0.15) is 0 Å². The van der Waals surface area contributed by atoms with Gasteiger partial charge < -0.3 is 15.3 Å². The summed E-state index contributed by atoms with van der Waals surface area (Å²) in [4.78, 5) is 11.5. The maximum atomic E-state index is 11.5. The monoisotopic (exact) mass is 276 g/mol. The van der Waals surface area contributed by atoms with Gasteiger partial charge in [-0.1, -0.05) is 12.1 Å². The van der Waals surface area contributed by atoms with E-state index in [9.17, 15) is 4.79 Å². The summed E-state index contributed by atoms with van der Waals surface area (Å²) in [5, 5.41) is 15.0. The number of amides is 1. The molecule has 5 nitrogen and oxygen atoms in total. The topological polar surface area (TPSA) is 70.9 Å². The molecule has 0 spiro atoms. The van der Waals surface area contributed by atoms with Gasteiger partial charge in [0.15, 0.2) is 0 Å². The molecule has 5 heteroatoms. The lowest BCUT2D eigenvalue weighted by Crippen LogP contribution is -2.26. The fraction of sp³-hybridized carbons (Fsp3) is 0.467. The minimum atomic E-state index is 0.0461. The zero-order valence-electron chi connectivity index (χ0n) is 11.6. The molecular weight excluding hydrogens is 256 g/mol. The molecule has 1 aliphatic carbocycles. The molecule has 0 radical (unpaired) electrons. The minimum absolute atomic E-state index is 0.0461. The van der Waals surface area contributed by atoms with Gasteiger partial charge in [0.05, 0.1) is 18.7 Å². The van der Waals surface area contributed by atoms with Gasteiger partial charge in [-0.3, -0.25) is 4.79 Å². The van der Waals surface area contributed by atoms with Gasteiger partial charge in [-0.05, 0) is 49.1 Å². The Hall–Kier alpha value is -2.04. The molecule has 1 aromatic rings. The van der Waals surface area contributed by atoms with Crippen molar-refractivity contribution in [3.8, 4) is 5.75 Å². The highest BCUT2D eigenvalue weighted by Crippen LogP contribution is 2.18. The number of carbonyl (C=O) groups excluding carboxylic acids is 1. The van der Waals surface area contributed by atoms with Gasteiger partial charge in [0.1, 0.15) is 5.75 Å². The predicted molar refractivity (Wildman–Crippen MR) is 76.3 cm³/mol. The van der Waals surface area contributed by atoms with Crippen molar-refractivity contribution >= 4 is 11.6 Å². The highest BCUT2D eigenvalue weighted by atomic mass is 16.5. The Morgan fingerprint density at radius 1 is 1.40 bits per heavy atom. The summed E-state index contributed by atoms with van der Waals surface area (Å²) in [5.41, 5.74) is 1.51. The van der Waals surface area contributed by atoms with E-state index in [-0.39, 0.29) is 5.91 Å². The van der Waals surface area contributed by atoms with Crippen LogP contribution in [0.2, 0.25) is 0 Å². The Kier molecular flexibility index (Phi) is 4.98. The van der Waals surface area contributed by atoms with Gasteiger partial charge >= 0.3 is 0 Å². The first-order valence-electron chi connectivity index (χ1n) is 6.96. The molecule has 0 saturated heterocycles. The first-order chi connectivity index (χ1) is 9.72. The second-order valence-electron chi connectivity index (χ2n) is 4.86. The number of nitrogens with zero attached hydrogens (tertiary/aromatic N) is 1. The van der Waals surface area contributed by atoms with Crippen LogP contribution in [0.3, 0.4) is 0 Å². The van der Waals surface area contributed by atoms with Crippen molar-refractivity contribution < 1.29 is 14.7 Å². The zero-order valence-corrected chi connectivity index (χ0v) is 11.6. The average molecular weight is 276 g/mol. The van der Waals surface area contributed by atoms with Crippen LogP contribution in [-0.4, -0.2) is 29.5 Å². The van der Waals surface area contributed by atoms with Gasteiger partial charge in [-0.25, -0.2) is 0 Å². The lowest BCUT2D eigenvalue weighted by Gasteiger charge is -2.08. The lowest BCUT2D eigenvalue weighted by molar-refractivity contribution is -0.121. The van der Waals surface area contributed by atoms with Crippen LogP contribution < -0.4 is 10.1 Å². The molecule has 0 atom stereocenters. The summed E-state index contributed by atoms with van der Waals surface area (Å²) in [6.45, 7) is 2.30. The minimum Gasteiger partial charge on any atom is -0.493 e. The maximum absolute atomic E-state index is 11.5. The predicted octanol–water partition coefficient (Wildman–Crippen LogP) is 2.32. The number of nitrogens with one attached hydrogen (secondary N) is 1. The first kappa shape index (κ1) is 14.4. The molecule has 1 amide bonds. The summed E-state index contributed by atoms with van der Waals surface area (Å²) >= 11 is 0. The largest absolute Gasteiger partial charge is 0.493 e. The molecule has 1 saturated carbocycles. The number of benzene rings is 1. The Balaban J connectivity index is 1.77. The number of hydrogen-bond donors (Lipinski definition) is 2. The van der Waals surface area contributed by atoms with Crippen LogP contribution in [0.25, 0.3) is 0 Å². The Labute approximate surface area is 118 Å². The maximum Gasteiger partial charge on any atom is 0.223 e. The second-order valence-corrected chi connectivity index (χ2v) is 4.86. The molecule has 0 aliphatic heterocycles. The van der Waals surface area contributed by atoms with E-state index in [0.29, 0.717) is 37.0 Å². The van der Waals surface area contributed by atoms with Crippen molar-refractivity contribution in [3.05, 3.63) is 29.8 Å². The quantitative estimate of drug-likeness (QED) is 0.456. The van der Waals surface area contributed by atoms with E-state index < -0.39 is 0 Å². The Morgan fingerprint density at radius 2 is 2.10 bits per heavy atom. The Morgan fingerprint density at radius 3 is 2.65 bits per heavy atom. The summed E-state index contributed by atoms with van der Waals surface area (Å²) < 4.78 is 5.52. The van der Waals surface area contributed by atoms with E-state index in [1.165, 1.54) is 0 Å². The van der Waals surface area contributed by atoms with Crippen LogP contribution in [0, 0.1) is 0 Å². The molecular formula is C15H20N2O3. The molecule has 0 unspecified atom stereocenters. The van der Waals surface area contributed by atoms with Crippen LogP contribution in [0.4, 0.5) is 0 Å². The van der Waals surface area contributed by atoms with E-state index >= 15 is 0 Å². The molecule has 0 aromatic heterocycles. The number of rotatable bonds is 7. The van der Waals surface area contributed by atoms with Gasteiger partial charge in [0.2, 0.25) is 5.91 Å². The molecule has 1 aliphatic rings. The summed E-state index contributed by atoms with van der Waals surface area (Å²) in [6.07, 6.45) is 3.23. The van der Waals surface area contributed by atoms with Crippen molar-refractivity contribution in [2.45, 2.75) is 38.6 Å². The van der Waals surface area contributed by atoms with E-state index in [0.717, 1.165) is 18.4 Å². The molecule has 0 heterocycles. The normalized spacial score (nSPS) is 14.9. The van der Waals surface area contributed by atoms with Crippen molar-refractivity contribution in [2.24, 2.45) is 5.16 Å². The van der Waals surface area contributed by atoms with Crippen molar-refractivity contribution in [2.75, 3.05) is 6.61 Å². The number of oxime groups is 1. The van der Waals surface area contributed by atoms with Crippen molar-refractivity contribution in [3.63, 3.8) is 0 Å². The number of ether oxygens (including phenoxy) is 1. The van der Waals surface area contributed by atoms with E-state index in [1.807, 2.05) is 31.2 Å². The highest BCUT2D eigenvalue weighted by Gasteiger charge is 2.22. The molecule has 0 bridgehead atoms. The standard InChI is InChI=1S/C15H20N2O3/c1-2-14(17-19)11-3-7-13(8-4-11)20-10-9-15(18)16-12-5-6-12/h3-4,7-8,12,19H,2,5-6,9-10H2,1H3,(H,16,18)/b17-14-. The average Bonchev–Trinajstić information content (AvgIpc) is 3.26. The third-order valence-corrected chi connectivity index (χ3v) is 3.18.